The molecule has 2 aliphatic rings. The van der Waals surface area contributed by atoms with Gasteiger partial charge in [0.2, 0.25) is 11.8 Å². The highest BCUT2D eigenvalue weighted by atomic mass is 19.1. The van der Waals surface area contributed by atoms with Gasteiger partial charge in [-0.1, -0.05) is 0 Å². The lowest BCUT2D eigenvalue weighted by atomic mass is 10.1. The second-order valence-electron chi connectivity index (χ2n) is 7.61. The standard InChI is InChI=1S/C22H19FN4O3/c23-14-5-8-16-17(12-14)25-21(24-16)18-2-1-11-26(18)22(30)13-3-6-15(7-4-13)27-19(28)9-10-20(27)29/h3-8,12,18H,1-2,9-11H2,(H,24,25). The molecule has 0 saturated carbocycles. The van der Waals surface area contributed by atoms with Crippen molar-refractivity contribution in [3.63, 3.8) is 0 Å². The number of likely N-dealkylation sites (tertiary alicyclic amines) is 1. The van der Waals surface area contributed by atoms with Crippen molar-refractivity contribution in [1.29, 1.82) is 0 Å². The van der Waals surface area contributed by atoms with E-state index >= 15 is 0 Å². The lowest BCUT2D eigenvalue weighted by molar-refractivity contribution is -0.121. The van der Waals surface area contributed by atoms with Gasteiger partial charge in [0.15, 0.2) is 0 Å². The number of halogens is 1. The number of benzene rings is 2. The minimum Gasteiger partial charge on any atom is -0.340 e. The summed E-state index contributed by atoms with van der Waals surface area (Å²) in [7, 11) is 0. The Morgan fingerprint density at radius 1 is 1.07 bits per heavy atom. The first-order valence-electron chi connectivity index (χ1n) is 9.93. The van der Waals surface area contributed by atoms with Crippen molar-refractivity contribution in [2.75, 3.05) is 11.4 Å². The van der Waals surface area contributed by atoms with Crippen molar-refractivity contribution < 1.29 is 18.8 Å². The number of carbonyl (C=O) groups excluding carboxylic acids is 3. The van der Waals surface area contributed by atoms with E-state index in [0.29, 0.717) is 34.7 Å². The average molecular weight is 406 g/mol. The van der Waals surface area contributed by atoms with Gasteiger partial charge in [-0.2, -0.15) is 0 Å². The monoisotopic (exact) mass is 406 g/mol. The van der Waals surface area contributed by atoms with Gasteiger partial charge in [0, 0.05) is 24.9 Å². The summed E-state index contributed by atoms with van der Waals surface area (Å²) in [4.78, 5) is 47.6. The summed E-state index contributed by atoms with van der Waals surface area (Å²) in [6.07, 6.45) is 2.05. The quantitative estimate of drug-likeness (QED) is 0.676. The van der Waals surface area contributed by atoms with E-state index in [1.54, 1.807) is 35.2 Å². The van der Waals surface area contributed by atoms with E-state index in [-0.39, 0.29) is 42.4 Å². The minimum absolute atomic E-state index is 0.144. The van der Waals surface area contributed by atoms with Crippen LogP contribution in [-0.2, 0) is 9.59 Å². The topological polar surface area (TPSA) is 86.4 Å². The average Bonchev–Trinajstić information content (AvgIpc) is 3.45. The second kappa shape index (κ2) is 7.05. The molecule has 0 aliphatic carbocycles. The molecule has 0 radical (unpaired) electrons. The van der Waals surface area contributed by atoms with Crippen molar-refractivity contribution >= 4 is 34.4 Å². The van der Waals surface area contributed by atoms with Gasteiger partial charge in [-0.3, -0.25) is 19.3 Å². The number of anilines is 1. The Bertz CT molecular complexity index is 1150. The number of imide groups is 1. The van der Waals surface area contributed by atoms with E-state index in [1.807, 2.05) is 0 Å². The van der Waals surface area contributed by atoms with Gasteiger partial charge in [0.1, 0.15) is 11.6 Å². The molecule has 152 valence electrons. The SMILES string of the molecule is O=C1CCC(=O)N1c1ccc(C(=O)N2CCCC2c2nc3ccc(F)cc3[nH]2)cc1. The minimum atomic E-state index is -0.341. The molecule has 2 aliphatic heterocycles. The second-order valence-corrected chi connectivity index (χ2v) is 7.61. The van der Waals surface area contributed by atoms with Crippen LogP contribution in [0.3, 0.4) is 0 Å². The smallest absolute Gasteiger partial charge is 0.254 e. The van der Waals surface area contributed by atoms with Gasteiger partial charge in [0.05, 0.1) is 22.8 Å². The van der Waals surface area contributed by atoms with Crippen LogP contribution in [0.4, 0.5) is 10.1 Å². The number of aromatic nitrogens is 2. The molecular weight excluding hydrogens is 387 g/mol. The molecule has 8 heteroatoms. The molecule has 5 rings (SSSR count). The summed E-state index contributed by atoms with van der Waals surface area (Å²) < 4.78 is 13.5. The maximum atomic E-state index is 13.5. The summed E-state index contributed by atoms with van der Waals surface area (Å²) in [5, 5.41) is 0. The van der Waals surface area contributed by atoms with E-state index in [1.165, 1.54) is 17.0 Å². The van der Waals surface area contributed by atoms with Gasteiger partial charge in [-0.25, -0.2) is 9.37 Å². The molecule has 3 aromatic rings. The van der Waals surface area contributed by atoms with Crippen LogP contribution in [0.2, 0.25) is 0 Å². The lowest BCUT2D eigenvalue weighted by Gasteiger charge is -2.23. The van der Waals surface area contributed by atoms with Crippen LogP contribution >= 0.6 is 0 Å². The third kappa shape index (κ3) is 3.04. The highest BCUT2D eigenvalue weighted by Gasteiger charge is 2.33. The normalized spacial score (nSPS) is 19.3. The Morgan fingerprint density at radius 3 is 2.53 bits per heavy atom. The number of hydrogen-bond acceptors (Lipinski definition) is 4. The fraction of sp³-hybridized carbons (Fsp3) is 0.273. The Balaban J connectivity index is 1.39. The highest BCUT2D eigenvalue weighted by molar-refractivity contribution is 6.19. The maximum absolute atomic E-state index is 13.5. The number of aromatic amines is 1. The van der Waals surface area contributed by atoms with Crippen LogP contribution in [0.5, 0.6) is 0 Å². The molecule has 2 saturated heterocycles. The summed E-state index contributed by atoms with van der Waals surface area (Å²) >= 11 is 0. The molecule has 1 unspecified atom stereocenters. The van der Waals surface area contributed by atoms with Gasteiger partial charge in [0.25, 0.3) is 5.91 Å². The number of fused-ring (bicyclic) bond motifs is 1. The molecule has 3 heterocycles. The summed E-state index contributed by atoms with van der Waals surface area (Å²) in [6, 6.07) is 10.7. The Kier molecular flexibility index (Phi) is 4.34. The summed E-state index contributed by atoms with van der Waals surface area (Å²) in [6.45, 7) is 0.597. The molecule has 1 N–H and O–H groups in total. The van der Waals surface area contributed by atoms with Crippen molar-refractivity contribution in [1.82, 2.24) is 14.9 Å². The van der Waals surface area contributed by atoms with Crippen molar-refractivity contribution in [2.45, 2.75) is 31.7 Å². The Labute approximate surface area is 171 Å². The molecule has 2 fully saturated rings. The molecule has 1 atom stereocenters. The van der Waals surface area contributed by atoms with Crippen LogP contribution in [0.15, 0.2) is 42.5 Å². The van der Waals surface area contributed by atoms with Crippen LogP contribution < -0.4 is 4.90 Å². The molecule has 7 nitrogen and oxygen atoms in total. The molecule has 0 bridgehead atoms. The van der Waals surface area contributed by atoms with Crippen molar-refractivity contribution in [2.24, 2.45) is 0 Å². The number of H-pyrrole nitrogens is 1. The number of amides is 3. The van der Waals surface area contributed by atoms with Crippen LogP contribution in [0.1, 0.15) is 47.9 Å². The predicted molar refractivity (Wildman–Crippen MR) is 107 cm³/mol. The van der Waals surface area contributed by atoms with Crippen molar-refractivity contribution in [3.8, 4) is 0 Å². The maximum Gasteiger partial charge on any atom is 0.254 e. The van der Waals surface area contributed by atoms with Gasteiger partial charge >= 0.3 is 0 Å². The summed E-state index contributed by atoms with van der Waals surface area (Å²) in [5.41, 5.74) is 2.23. The van der Waals surface area contributed by atoms with E-state index in [2.05, 4.69) is 9.97 Å². The van der Waals surface area contributed by atoms with E-state index in [0.717, 1.165) is 12.8 Å². The van der Waals surface area contributed by atoms with E-state index in [4.69, 9.17) is 0 Å². The van der Waals surface area contributed by atoms with Gasteiger partial charge < -0.3 is 9.88 Å². The molecular formula is C22H19FN4O3. The van der Waals surface area contributed by atoms with E-state index in [9.17, 15) is 18.8 Å². The fourth-order valence-corrected chi connectivity index (χ4v) is 4.24. The first kappa shape index (κ1) is 18.5. The van der Waals surface area contributed by atoms with E-state index < -0.39 is 0 Å². The van der Waals surface area contributed by atoms with Gasteiger partial charge in [-0.05, 0) is 55.3 Å². The lowest BCUT2D eigenvalue weighted by Crippen LogP contribution is -2.31. The molecule has 0 spiro atoms. The molecule has 2 aromatic carbocycles. The van der Waals surface area contributed by atoms with Crippen molar-refractivity contribution in [3.05, 3.63) is 59.7 Å². The number of hydrogen-bond donors (Lipinski definition) is 1. The molecule has 1 aromatic heterocycles. The third-order valence-electron chi connectivity index (χ3n) is 5.72. The molecule has 30 heavy (non-hydrogen) atoms. The largest absolute Gasteiger partial charge is 0.340 e. The first-order chi connectivity index (χ1) is 14.5. The van der Waals surface area contributed by atoms with Crippen LogP contribution in [0.25, 0.3) is 11.0 Å². The zero-order valence-electron chi connectivity index (χ0n) is 16.1. The first-order valence-corrected chi connectivity index (χ1v) is 9.93. The number of rotatable bonds is 3. The predicted octanol–water partition coefficient (Wildman–Crippen LogP) is 3.33. The molecule has 3 amide bonds. The Hall–Kier alpha value is -3.55. The Morgan fingerprint density at radius 2 is 1.80 bits per heavy atom. The number of nitrogens with zero attached hydrogens (tertiary/aromatic N) is 3. The summed E-state index contributed by atoms with van der Waals surface area (Å²) in [5.74, 6) is -0.284. The highest BCUT2D eigenvalue weighted by Crippen LogP contribution is 2.33. The zero-order chi connectivity index (χ0) is 20.8. The fourth-order valence-electron chi connectivity index (χ4n) is 4.24. The number of imidazole rings is 1. The number of nitrogens with one attached hydrogen (secondary N) is 1. The zero-order valence-corrected chi connectivity index (χ0v) is 16.1. The number of carbonyl (C=O) groups is 3. The van der Waals surface area contributed by atoms with Crippen LogP contribution in [-0.4, -0.2) is 39.1 Å². The van der Waals surface area contributed by atoms with Gasteiger partial charge in [-0.15, -0.1) is 0 Å². The van der Waals surface area contributed by atoms with Crippen LogP contribution in [0, 0.1) is 5.82 Å². The third-order valence-corrected chi connectivity index (χ3v) is 5.72.